The van der Waals surface area contributed by atoms with E-state index >= 15 is 0 Å². The van der Waals surface area contributed by atoms with E-state index in [4.69, 9.17) is 15.0 Å². The molecule has 0 bridgehead atoms. The summed E-state index contributed by atoms with van der Waals surface area (Å²) in [7, 11) is 0. The van der Waals surface area contributed by atoms with E-state index in [1.165, 1.54) is 65.2 Å². The van der Waals surface area contributed by atoms with E-state index in [0.29, 0.717) is 17.5 Å². The van der Waals surface area contributed by atoms with Gasteiger partial charge in [-0.05, 0) is 52.9 Å². The highest BCUT2D eigenvalue weighted by Crippen LogP contribution is 2.44. The maximum absolute atomic E-state index is 5.21. The Labute approximate surface area is 344 Å². The molecule has 0 aliphatic rings. The largest absolute Gasteiger partial charge is 0.309 e. The summed E-state index contributed by atoms with van der Waals surface area (Å²) in [4.78, 5) is 15.4. The first-order valence-electron chi connectivity index (χ1n) is 20.4. The van der Waals surface area contributed by atoms with Gasteiger partial charge in [0.05, 0.1) is 27.6 Å². The van der Waals surface area contributed by atoms with Gasteiger partial charge in [-0.15, -0.1) is 0 Å². The second kappa shape index (κ2) is 12.7. The van der Waals surface area contributed by atoms with Crippen molar-refractivity contribution >= 4 is 70.7 Å². The lowest BCUT2D eigenvalue weighted by atomic mass is 10.0. The van der Waals surface area contributed by atoms with E-state index < -0.39 is 0 Å². The predicted molar refractivity (Wildman–Crippen MR) is 248 cm³/mol. The van der Waals surface area contributed by atoms with Crippen LogP contribution in [0.15, 0.2) is 200 Å². The topological polar surface area (TPSA) is 48.0 Å². The molecule has 278 valence electrons. The van der Waals surface area contributed by atoms with Crippen molar-refractivity contribution in [1.29, 1.82) is 0 Å². The third-order valence-electron chi connectivity index (χ3n) is 12.3. The summed E-state index contributed by atoms with van der Waals surface area (Å²) < 4.78 is 4.92. The Hall–Kier alpha value is -8.15. The zero-order valence-corrected chi connectivity index (χ0v) is 32.3. The highest BCUT2D eigenvalue weighted by Gasteiger charge is 2.22. The second-order valence-corrected chi connectivity index (χ2v) is 15.6. The Kier molecular flexibility index (Phi) is 6.95. The SMILES string of the molecule is c1ccc(-c2cccc(-c3nc(-c4ccccc4)nc(-c4cccc(-n5c6cc7c(cc6c6ccc8ccccc8c65)c5cccc6c8ccccc8n7c65)c4)n3)c2)cc1. The van der Waals surface area contributed by atoms with Crippen LogP contribution in [-0.2, 0) is 0 Å². The van der Waals surface area contributed by atoms with Gasteiger partial charge in [0.25, 0.3) is 0 Å². The average molecular weight is 764 g/mol. The van der Waals surface area contributed by atoms with Crippen molar-refractivity contribution < 1.29 is 0 Å². The van der Waals surface area contributed by atoms with Crippen LogP contribution in [0, 0.1) is 0 Å². The van der Waals surface area contributed by atoms with Gasteiger partial charge in [0.1, 0.15) is 0 Å². The molecule has 0 amide bonds. The number of rotatable bonds is 5. The lowest BCUT2D eigenvalue weighted by Crippen LogP contribution is -2.01. The summed E-state index contributed by atoms with van der Waals surface area (Å²) in [5, 5.41) is 9.95. The molecule has 9 aromatic carbocycles. The first-order valence-corrected chi connectivity index (χ1v) is 20.4. The number of benzene rings is 9. The van der Waals surface area contributed by atoms with Gasteiger partial charge in [-0.3, -0.25) is 0 Å². The minimum absolute atomic E-state index is 0.619. The number of fused-ring (bicyclic) bond motifs is 11. The van der Waals surface area contributed by atoms with Crippen LogP contribution in [0.25, 0.3) is 122 Å². The third-order valence-corrected chi connectivity index (χ3v) is 12.3. The number of hydrogen-bond acceptors (Lipinski definition) is 3. The molecule has 0 spiro atoms. The molecule has 5 nitrogen and oxygen atoms in total. The molecule has 0 unspecified atom stereocenters. The van der Waals surface area contributed by atoms with Crippen molar-refractivity contribution in [3.05, 3.63) is 200 Å². The van der Waals surface area contributed by atoms with Crippen molar-refractivity contribution in [3.63, 3.8) is 0 Å². The third kappa shape index (κ3) is 4.84. The monoisotopic (exact) mass is 763 g/mol. The van der Waals surface area contributed by atoms with Crippen molar-refractivity contribution in [2.24, 2.45) is 0 Å². The Balaban J connectivity index is 1.07. The normalized spacial score (nSPS) is 12.0. The summed E-state index contributed by atoms with van der Waals surface area (Å²) in [5.74, 6) is 1.88. The fourth-order valence-electron chi connectivity index (χ4n) is 9.57. The van der Waals surface area contributed by atoms with Crippen LogP contribution in [-0.4, -0.2) is 23.9 Å². The standard InChI is InChI=1S/C55H33N5/c1-3-14-34(15-4-1)37-19-11-20-38(30-37)54-56-53(36-17-5-2-6-18-36)57-55(58-54)39-21-12-22-40(31-39)59-49-33-50-46(32-47(49)45-29-28-35-16-7-8-23-41(35)51(45)59)44-26-13-25-43-42-24-9-10-27-48(42)60(50)52(43)44/h1-33H. The van der Waals surface area contributed by atoms with E-state index in [-0.39, 0.29) is 0 Å². The van der Waals surface area contributed by atoms with Crippen molar-refractivity contribution in [3.8, 4) is 51.0 Å². The first-order chi connectivity index (χ1) is 29.7. The minimum Gasteiger partial charge on any atom is -0.309 e. The summed E-state index contributed by atoms with van der Waals surface area (Å²) in [6.45, 7) is 0. The van der Waals surface area contributed by atoms with Gasteiger partial charge in [-0.25, -0.2) is 15.0 Å². The maximum atomic E-state index is 5.21. The molecule has 4 aromatic heterocycles. The van der Waals surface area contributed by atoms with Gasteiger partial charge in [-0.2, -0.15) is 0 Å². The molecule has 60 heavy (non-hydrogen) atoms. The fourth-order valence-corrected chi connectivity index (χ4v) is 9.57. The van der Waals surface area contributed by atoms with Crippen LogP contribution in [0.1, 0.15) is 0 Å². The quantitative estimate of drug-likeness (QED) is 0.175. The van der Waals surface area contributed by atoms with Crippen LogP contribution in [0.5, 0.6) is 0 Å². The summed E-state index contributed by atoms with van der Waals surface area (Å²) >= 11 is 0. The molecule has 0 saturated heterocycles. The molecule has 0 aliphatic heterocycles. The van der Waals surface area contributed by atoms with Gasteiger partial charge in [0.15, 0.2) is 17.5 Å². The zero-order valence-electron chi connectivity index (χ0n) is 32.3. The summed E-state index contributed by atoms with van der Waals surface area (Å²) in [5.41, 5.74) is 12.1. The number of aromatic nitrogens is 5. The van der Waals surface area contributed by atoms with Crippen LogP contribution >= 0.6 is 0 Å². The molecule has 0 radical (unpaired) electrons. The Morgan fingerprint density at radius 1 is 0.283 bits per heavy atom. The molecule has 0 aliphatic carbocycles. The summed E-state index contributed by atoms with van der Waals surface area (Å²) in [6.07, 6.45) is 0. The van der Waals surface area contributed by atoms with Crippen LogP contribution in [0.4, 0.5) is 0 Å². The van der Waals surface area contributed by atoms with E-state index in [0.717, 1.165) is 39.0 Å². The molecule has 0 N–H and O–H groups in total. The first kappa shape index (κ1) is 32.9. The van der Waals surface area contributed by atoms with E-state index in [2.05, 4.69) is 185 Å². The molecule has 13 aromatic rings. The molecular weight excluding hydrogens is 731 g/mol. The second-order valence-electron chi connectivity index (χ2n) is 15.6. The minimum atomic E-state index is 0.619. The highest BCUT2D eigenvalue weighted by atomic mass is 15.0. The summed E-state index contributed by atoms with van der Waals surface area (Å²) in [6, 6.07) is 71.4. The average Bonchev–Trinajstić information content (AvgIpc) is 3.96. The van der Waals surface area contributed by atoms with Gasteiger partial charge >= 0.3 is 0 Å². The van der Waals surface area contributed by atoms with Gasteiger partial charge in [0, 0.05) is 60.1 Å². The van der Waals surface area contributed by atoms with E-state index in [1.54, 1.807) is 0 Å². The van der Waals surface area contributed by atoms with Gasteiger partial charge in [-0.1, -0.05) is 164 Å². The molecule has 4 heterocycles. The lowest BCUT2D eigenvalue weighted by molar-refractivity contribution is 1.07. The van der Waals surface area contributed by atoms with E-state index in [1.807, 2.05) is 24.3 Å². The smallest absolute Gasteiger partial charge is 0.164 e. The molecule has 0 fully saturated rings. The number of hydrogen-bond donors (Lipinski definition) is 0. The highest BCUT2D eigenvalue weighted by molar-refractivity contribution is 6.27. The molecule has 13 rings (SSSR count). The number of nitrogens with zero attached hydrogens (tertiary/aromatic N) is 5. The molecule has 5 heteroatoms. The van der Waals surface area contributed by atoms with Crippen LogP contribution in [0.2, 0.25) is 0 Å². The van der Waals surface area contributed by atoms with Crippen LogP contribution < -0.4 is 0 Å². The van der Waals surface area contributed by atoms with Gasteiger partial charge in [0.2, 0.25) is 0 Å². The number of para-hydroxylation sites is 2. The Bertz CT molecular complexity index is 3820. The molecule has 0 atom stereocenters. The lowest BCUT2D eigenvalue weighted by Gasteiger charge is -2.13. The molecular formula is C55H33N5. The Morgan fingerprint density at radius 2 is 0.833 bits per heavy atom. The van der Waals surface area contributed by atoms with Crippen molar-refractivity contribution in [2.45, 2.75) is 0 Å². The van der Waals surface area contributed by atoms with E-state index in [9.17, 15) is 0 Å². The predicted octanol–water partition coefficient (Wildman–Crippen LogP) is 13.9. The molecule has 0 saturated carbocycles. The van der Waals surface area contributed by atoms with Crippen molar-refractivity contribution in [2.75, 3.05) is 0 Å². The van der Waals surface area contributed by atoms with Crippen LogP contribution in [0.3, 0.4) is 0 Å². The van der Waals surface area contributed by atoms with Gasteiger partial charge < -0.3 is 8.97 Å². The zero-order chi connectivity index (χ0) is 39.3. The maximum Gasteiger partial charge on any atom is 0.164 e. The Morgan fingerprint density at radius 3 is 1.63 bits per heavy atom. The van der Waals surface area contributed by atoms with Crippen molar-refractivity contribution in [1.82, 2.24) is 23.9 Å². The fraction of sp³-hybridized carbons (Fsp3) is 0.